The van der Waals surface area contributed by atoms with Crippen LogP contribution in [-0.2, 0) is 10.0 Å². The minimum Gasteiger partial charge on any atom is -0.466 e. The van der Waals surface area contributed by atoms with Crippen LogP contribution >= 0.6 is 15.9 Å². The zero-order valence-electron chi connectivity index (χ0n) is 12.0. The van der Waals surface area contributed by atoms with E-state index in [1.807, 2.05) is 13.0 Å². The van der Waals surface area contributed by atoms with Crippen molar-refractivity contribution in [1.29, 1.82) is 0 Å². The molecule has 0 fully saturated rings. The Hall–Kier alpha value is -1.31. The quantitative estimate of drug-likeness (QED) is 0.806. The van der Waals surface area contributed by atoms with Crippen molar-refractivity contribution in [2.75, 3.05) is 5.73 Å². The number of furan rings is 1. The third-order valence-corrected chi connectivity index (χ3v) is 5.23. The van der Waals surface area contributed by atoms with E-state index in [0.29, 0.717) is 10.2 Å². The summed E-state index contributed by atoms with van der Waals surface area (Å²) in [6.07, 6.45) is 0. The average molecular weight is 373 g/mol. The Morgan fingerprint density at radius 2 is 1.95 bits per heavy atom. The molecule has 0 saturated heterocycles. The van der Waals surface area contributed by atoms with Crippen molar-refractivity contribution in [3.05, 3.63) is 45.8 Å². The molecule has 5 nitrogen and oxygen atoms in total. The minimum atomic E-state index is -3.72. The Labute approximate surface area is 132 Å². The number of aryl methyl sites for hydroxylation is 2. The van der Waals surface area contributed by atoms with Gasteiger partial charge in [-0.15, -0.1) is 0 Å². The molecule has 0 aliphatic heterocycles. The molecule has 1 heterocycles. The number of rotatable bonds is 4. The van der Waals surface area contributed by atoms with Gasteiger partial charge >= 0.3 is 0 Å². The molecule has 0 aliphatic rings. The summed E-state index contributed by atoms with van der Waals surface area (Å²) in [6.45, 7) is 5.40. The van der Waals surface area contributed by atoms with Crippen LogP contribution in [0.3, 0.4) is 0 Å². The van der Waals surface area contributed by atoms with Crippen molar-refractivity contribution in [1.82, 2.24) is 4.72 Å². The van der Waals surface area contributed by atoms with Crippen LogP contribution in [0.5, 0.6) is 0 Å². The lowest BCUT2D eigenvalue weighted by Gasteiger charge is -2.15. The fourth-order valence-electron chi connectivity index (χ4n) is 2.18. The fraction of sp³-hybridized carbons (Fsp3) is 0.286. The van der Waals surface area contributed by atoms with Gasteiger partial charge in [-0.25, -0.2) is 13.1 Å². The predicted octanol–water partition coefficient (Wildman–Crippen LogP) is 3.28. The lowest BCUT2D eigenvalue weighted by atomic mass is 10.1. The Bertz CT molecular complexity index is 769. The Kier molecular flexibility index (Phi) is 4.46. The van der Waals surface area contributed by atoms with Gasteiger partial charge in [0, 0.05) is 16.1 Å². The van der Waals surface area contributed by atoms with Crippen molar-refractivity contribution in [2.45, 2.75) is 31.7 Å². The first-order chi connectivity index (χ1) is 9.70. The van der Waals surface area contributed by atoms with Crippen molar-refractivity contribution in [2.24, 2.45) is 0 Å². The molecule has 0 spiro atoms. The number of sulfonamides is 1. The van der Waals surface area contributed by atoms with Crippen LogP contribution < -0.4 is 10.5 Å². The van der Waals surface area contributed by atoms with Gasteiger partial charge < -0.3 is 10.2 Å². The molecule has 1 unspecified atom stereocenters. The molecule has 3 N–H and O–H groups in total. The maximum Gasteiger partial charge on any atom is 0.243 e. The van der Waals surface area contributed by atoms with Gasteiger partial charge in [0.1, 0.15) is 16.4 Å². The molecule has 1 aromatic heterocycles. The van der Waals surface area contributed by atoms with Gasteiger partial charge in [0.15, 0.2) is 0 Å². The van der Waals surface area contributed by atoms with E-state index in [0.717, 1.165) is 11.3 Å². The molecule has 0 aliphatic carbocycles. The summed E-state index contributed by atoms with van der Waals surface area (Å²) in [5, 5.41) is 0. The summed E-state index contributed by atoms with van der Waals surface area (Å²) >= 11 is 3.25. The highest BCUT2D eigenvalue weighted by Gasteiger charge is 2.23. The van der Waals surface area contributed by atoms with Crippen LogP contribution in [0.4, 0.5) is 5.69 Å². The van der Waals surface area contributed by atoms with Gasteiger partial charge in [-0.1, -0.05) is 15.9 Å². The smallest absolute Gasteiger partial charge is 0.243 e. The molecule has 0 amide bonds. The highest BCUT2D eigenvalue weighted by Crippen LogP contribution is 2.26. The number of hydrogen-bond acceptors (Lipinski definition) is 4. The van der Waals surface area contributed by atoms with Gasteiger partial charge in [0.05, 0.1) is 5.69 Å². The van der Waals surface area contributed by atoms with Gasteiger partial charge in [-0.3, -0.25) is 0 Å². The van der Waals surface area contributed by atoms with E-state index >= 15 is 0 Å². The van der Waals surface area contributed by atoms with E-state index in [9.17, 15) is 8.42 Å². The van der Waals surface area contributed by atoms with E-state index < -0.39 is 16.1 Å². The van der Waals surface area contributed by atoms with Crippen LogP contribution in [0, 0.1) is 13.8 Å². The van der Waals surface area contributed by atoms with Crippen LogP contribution in [0.15, 0.2) is 38.1 Å². The first-order valence-corrected chi connectivity index (χ1v) is 8.62. The lowest BCUT2D eigenvalue weighted by Crippen LogP contribution is -2.27. The summed E-state index contributed by atoms with van der Waals surface area (Å²) in [6, 6.07) is 6.15. The second kappa shape index (κ2) is 5.82. The van der Waals surface area contributed by atoms with Crippen molar-refractivity contribution < 1.29 is 12.8 Å². The third-order valence-electron chi connectivity index (χ3n) is 3.14. The van der Waals surface area contributed by atoms with E-state index in [2.05, 4.69) is 20.7 Å². The predicted molar refractivity (Wildman–Crippen MR) is 85.5 cm³/mol. The second-order valence-corrected chi connectivity index (χ2v) is 7.49. The molecule has 7 heteroatoms. The molecule has 1 aromatic carbocycles. The fourth-order valence-corrected chi connectivity index (χ4v) is 4.07. The first kappa shape index (κ1) is 16.1. The number of nitrogens with one attached hydrogen (secondary N) is 1. The average Bonchev–Trinajstić information content (AvgIpc) is 2.71. The summed E-state index contributed by atoms with van der Waals surface area (Å²) < 4.78 is 33.6. The van der Waals surface area contributed by atoms with E-state index in [1.165, 1.54) is 6.07 Å². The highest BCUT2D eigenvalue weighted by molar-refractivity contribution is 9.10. The van der Waals surface area contributed by atoms with Crippen LogP contribution in [0.1, 0.15) is 30.0 Å². The van der Waals surface area contributed by atoms with Crippen LogP contribution in [0.2, 0.25) is 0 Å². The van der Waals surface area contributed by atoms with Crippen molar-refractivity contribution >= 4 is 31.6 Å². The Balaban J connectivity index is 2.33. The number of hydrogen-bond donors (Lipinski definition) is 2. The second-order valence-electron chi connectivity index (χ2n) is 4.89. The number of nitrogen functional groups attached to an aromatic ring is 1. The molecule has 21 heavy (non-hydrogen) atoms. The van der Waals surface area contributed by atoms with Crippen molar-refractivity contribution in [3.8, 4) is 0 Å². The topological polar surface area (TPSA) is 85.3 Å². The van der Waals surface area contributed by atoms with Crippen LogP contribution in [0.25, 0.3) is 0 Å². The van der Waals surface area contributed by atoms with Crippen molar-refractivity contribution in [3.63, 3.8) is 0 Å². The maximum atomic E-state index is 12.5. The molecule has 2 aromatic rings. The molecule has 1 atom stereocenters. The van der Waals surface area contributed by atoms with Gasteiger partial charge in [-0.05, 0) is 45.0 Å². The molecular formula is C14H17BrN2O3S. The highest BCUT2D eigenvalue weighted by atomic mass is 79.9. The van der Waals surface area contributed by atoms with Crippen LogP contribution in [-0.4, -0.2) is 8.42 Å². The van der Waals surface area contributed by atoms with Gasteiger partial charge in [-0.2, -0.15) is 0 Å². The lowest BCUT2D eigenvalue weighted by molar-refractivity contribution is 0.496. The zero-order chi connectivity index (χ0) is 15.8. The third kappa shape index (κ3) is 3.48. The molecule has 0 bridgehead atoms. The molecule has 114 valence electrons. The summed E-state index contributed by atoms with van der Waals surface area (Å²) in [5.41, 5.74) is 6.78. The van der Waals surface area contributed by atoms with E-state index in [-0.39, 0.29) is 10.6 Å². The SMILES string of the molecule is Cc1cc(C(C)NS(=O)(=O)c2cc(Br)ccc2N)c(C)o1. The summed E-state index contributed by atoms with van der Waals surface area (Å²) in [4.78, 5) is 0.0570. The number of benzene rings is 1. The molecular weight excluding hydrogens is 356 g/mol. The number of nitrogens with two attached hydrogens (primary N) is 1. The standard InChI is InChI=1S/C14H17BrN2O3S/c1-8-6-12(10(3)20-8)9(2)17-21(18,19)14-7-11(15)4-5-13(14)16/h4-7,9,17H,16H2,1-3H3. The minimum absolute atomic E-state index is 0.0570. The summed E-state index contributed by atoms with van der Waals surface area (Å²) in [5.74, 6) is 1.44. The molecule has 0 radical (unpaired) electrons. The normalized spacial score (nSPS) is 13.3. The number of halogens is 1. The first-order valence-electron chi connectivity index (χ1n) is 6.35. The van der Waals surface area contributed by atoms with Gasteiger partial charge in [0.2, 0.25) is 10.0 Å². The molecule has 0 saturated carbocycles. The van der Waals surface area contributed by atoms with E-state index in [1.54, 1.807) is 26.0 Å². The Morgan fingerprint density at radius 1 is 1.29 bits per heavy atom. The summed E-state index contributed by atoms with van der Waals surface area (Å²) in [7, 11) is -3.72. The largest absolute Gasteiger partial charge is 0.466 e. The molecule has 2 rings (SSSR count). The Morgan fingerprint density at radius 3 is 2.52 bits per heavy atom. The maximum absolute atomic E-state index is 12.5. The number of anilines is 1. The monoisotopic (exact) mass is 372 g/mol. The zero-order valence-corrected chi connectivity index (χ0v) is 14.4. The van der Waals surface area contributed by atoms with E-state index in [4.69, 9.17) is 10.2 Å². The van der Waals surface area contributed by atoms with Gasteiger partial charge in [0.25, 0.3) is 0 Å².